The van der Waals surface area contributed by atoms with Crippen molar-refractivity contribution < 1.29 is 19.0 Å². The first-order valence-electron chi connectivity index (χ1n) is 6.00. The van der Waals surface area contributed by atoms with Gasteiger partial charge in [0.1, 0.15) is 6.29 Å². The number of ether oxygens (including phenoxy) is 3. The van der Waals surface area contributed by atoms with E-state index in [0.717, 1.165) is 11.8 Å². The Balaban J connectivity index is 3.28. The van der Waals surface area contributed by atoms with Gasteiger partial charge in [-0.05, 0) is 18.9 Å². The van der Waals surface area contributed by atoms with E-state index in [4.69, 9.17) is 14.2 Å². The van der Waals surface area contributed by atoms with E-state index in [1.165, 1.54) is 0 Å². The molecule has 0 amide bonds. The molecule has 0 radical (unpaired) electrons. The smallest absolute Gasteiger partial charge is 0.203 e. The Morgan fingerprint density at radius 2 is 1.94 bits per heavy atom. The highest BCUT2D eigenvalue weighted by molar-refractivity contribution is 5.59. The third-order valence-corrected chi connectivity index (χ3v) is 2.80. The average molecular weight is 252 g/mol. The maximum absolute atomic E-state index is 10.6. The second-order valence-corrected chi connectivity index (χ2v) is 3.96. The van der Waals surface area contributed by atoms with Crippen molar-refractivity contribution in [3.63, 3.8) is 0 Å². The van der Waals surface area contributed by atoms with Crippen LogP contribution in [0.4, 0.5) is 0 Å². The fraction of sp³-hybridized carbons (Fsp3) is 0.500. The summed E-state index contributed by atoms with van der Waals surface area (Å²) in [6, 6.07) is 3.75. The molecule has 0 saturated heterocycles. The van der Waals surface area contributed by atoms with Crippen LogP contribution in [-0.4, -0.2) is 27.1 Å². The summed E-state index contributed by atoms with van der Waals surface area (Å²) >= 11 is 0. The second-order valence-electron chi connectivity index (χ2n) is 3.96. The lowest BCUT2D eigenvalue weighted by molar-refractivity contribution is -0.108. The Morgan fingerprint density at radius 1 is 1.22 bits per heavy atom. The third kappa shape index (κ3) is 2.94. The molecule has 0 saturated carbocycles. The van der Waals surface area contributed by atoms with E-state index >= 15 is 0 Å². The van der Waals surface area contributed by atoms with Crippen molar-refractivity contribution in [1.82, 2.24) is 0 Å². The van der Waals surface area contributed by atoms with Crippen molar-refractivity contribution in [1.29, 1.82) is 0 Å². The van der Waals surface area contributed by atoms with E-state index < -0.39 is 0 Å². The SMILES string of the molecule is CCOc1c(C(C)CC=O)ccc(OC)c1OC. The molecule has 1 aromatic carbocycles. The van der Waals surface area contributed by atoms with E-state index in [2.05, 4.69) is 0 Å². The van der Waals surface area contributed by atoms with Crippen LogP contribution < -0.4 is 14.2 Å². The highest BCUT2D eigenvalue weighted by Gasteiger charge is 2.19. The predicted molar refractivity (Wildman–Crippen MR) is 69.8 cm³/mol. The topological polar surface area (TPSA) is 44.8 Å². The standard InChI is InChI=1S/C14H20O4/c1-5-18-13-11(10(2)8-9-15)6-7-12(16-3)14(13)17-4/h6-7,9-10H,5,8H2,1-4H3. The molecule has 0 aromatic heterocycles. The van der Waals surface area contributed by atoms with Crippen LogP contribution in [0.25, 0.3) is 0 Å². The highest BCUT2D eigenvalue weighted by atomic mass is 16.5. The Morgan fingerprint density at radius 3 is 2.44 bits per heavy atom. The van der Waals surface area contributed by atoms with Crippen LogP contribution in [-0.2, 0) is 4.79 Å². The molecule has 100 valence electrons. The van der Waals surface area contributed by atoms with E-state index in [1.807, 2.05) is 26.0 Å². The van der Waals surface area contributed by atoms with Crippen LogP contribution in [0.3, 0.4) is 0 Å². The van der Waals surface area contributed by atoms with E-state index in [9.17, 15) is 4.79 Å². The quantitative estimate of drug-likeness (QED) is 0.700. The van der Waals surface area contributed by atoms with Crippen LogP contribution in [0.1, 0.15) is 31.7 Å². The molecule has 4 heteroatoms. The molecule has 1 rings (SSSR count). The van der Waals surface area contributed by atoms with Gasteiger partial charge in [-0.1, -0.05) is 13.0 Å². The molecule has 4 nitrogen and oxygen atoms in total. The molecule has 0 aliphatic heterocycles. The summed E-state index contributed by atoms with van der Waals surface area (Å²) in [5.41, 5.74) is 0.960. The Bertz CT molecular complexity index is 401. The fourth-order valence-corrected chi connectivity index (χ4v) is 1.87. The molecule has 18 heavy (non-hydrogen) atoms. The minimum atomic E-state index is 0.0869. The fourth-order valence-electron chi connectivity index (χ4n) is 1.87. The number of carbonyl (C=O) groups is 1. The lowest BCUT2D eigenvalue weighted by atomic mass is 9.96. The van der Waals surface area contributed by atoms with Gasteiger partial charge in [0.05, 0.1) is 20.8 Å². The summed E-state index contributed by atoms with van der Waals surface area (Å²) in [4.78, 5) is 10.6. The van der Waals surface area contributed by atoms with Gasteiger partial charge < -0.3 is 19.0 Å². The maximum Gasteiger partial charge on any atom is 0.203 e. The molecule has 1 unspecified atom stereocenters. The Hall–Kier alpha value is -1.71. The minimum absolute atomic E-state index is 0.0869. The first-order valence-corrected chi connectivity index (χ1v) is 6.00. The number of rotatable bonds is 7. The molecule has 0 bridgehead atoms. The summed E-state index contributed by atoms with van der Waals surface area (Å²) in [6.07, 6.45) is 1.37. The summed E-state index contributed by atoms with van der Waals surface area (Å²) in [7, 11) is 3.16. The van der Waals surface area contributed by atoms with Crippen LogP contribution in [0.2, 0.25) is 0 Å². The van der Waals surface area contributed by atoms with Crippen LogP contribution in [0.15, 0.2) is 12.1 Å². The van der Waals surface area contributed by atoms with Gasteiger partial charge in [-0.15, -0.1) is 0 Å². The van der Waals surface area contributed by atoms with Gasteiger partial charge in [0.25, 0.3) is 0 Å². The number of hydrogen-bond acceptors (Lipinski definition) is 4. The molecule has 0 spiro atoms. The molecule has 1 atom stereocenters. The molecule has 0 fully saturated rings. The highest BCUT2D eigenvalue weighted by Crippen LogP contribution is 2.43. The third-order valence-electron chi connectivity index (χ3n) is 2.80. The largest absolute Gasteiger partial charge is 0.493 e. The lowest BCUT2D eigenvalue weighted by Crippen LogP contribution is -2.04. The first-order chi connectivity index (χ1) is 8.69. The monoisotopic (exact) mass is 252 g/mol. The summed E-state index contributed by atoms with van der Waals surface area (Å²) in [6.45, 7) is 4.43. The first kappa shape index (κ1) is 14.4. The lowest BCUT2D eigenvalue weighted by Gasteiger charge is -2.19. The van der Waals surface area contributed by atoms with Crippen LogP contribution in [0, 0.1) is 0 Å². The molecule has 1 aromatic rings. The predicted octanol–water partition coefficient (Wildman–Crippen LogP) is 2.80. The Labute approximate surface area is 108 Å². The number of benzene rings is 1. The normalized spacial score (nSPS) is 11.8. The Kier molecular flexibility index (Phi) is 5.49. The van der Waals surface area contributed by atoms with Gasteiger partial charge in [-0.3, -0.25) is 0 Å². The zero-order valence-electron chi connectivity index (χ0n) is 11.4. The van der Waals surface area contributed by atoms with Gasteiger partial charge >= 0.3 is 0 Å². The van der Waals surface area contributed by atoms with Gasteiger partial charge in [-0.25, -0.2) is 0 Å². The van der Waals surface area contributed by atoms with E-state index in [-0.39, 0.29) is 5.92 Å². The zero-order chi connectivity index (χ0) is 13.5. The number of aldehydes is 1. The molecular weight excluding hydrogens is 232 g/mol. The summed E-state index contributed by atoms with van der Waals surface area (Å²) in [5, 5.41) is 0. The van der Waals surface area contributed by atoms with Crippen molar-refractivity contribution in [2.75, 3.05) is 20.8 Å². The molecule has 0 heterocycles. The summed E-state index contributed by atoms with van der Waals surface area (Å²) in [5.74, 6) is 1.95. The van der Waals surface area contributed by atoms with Gasteiger partial charge in [0, 0.05) is 12.0 Å². The van der Waals surface area contributed by atoms with Crippen molar-refractivity contribution in [3.05, 3.63) is 17.7 Å². The zero-order valence-corrected chi connectivity index (χ0v) is 11.4. The van der Waals surface area contributed by atoms with Crippen LogP contribution in [0.5, 0.6) is 17.2 Å². The van der Waals surface area contributed by atoms with Gasteiger partial charge in [-0.2, -0.15) is 0 Å². The number of hydrogen-bond donors (Lipinski definition) is 0. The van der Waals surface area contributed by atoms with Crippen molar-refractivity contribution in [2.45, 2.75) is 26.2 Å². The van der Waals surface area contributed by atoms with E-state index in [1.54, 1.807) is 14.2 Å². The minimum Gasteiger partial charge on any atom is -0.493 e. The average Bonchev–Trinajstić information content (AvgIpc) is 2.38. The van der Waals surface area contributed by atoms with Gasteiger partial charge in [0.2, 0.25) is 5.75 Å². The second kappa shape index (κ2) is 6.89. The molecule has 0 N–H and O–H groups in total. The van der Waals surface area contributed by atoms with E-state index in [0.29, 0.717) is 30.3 Å². The molecule has 0 aliphatic rings. The van der Waals surface area contributed by atoms with Crippen molar-refractivity contribution in [3.8, 4) is 17.2 Å². The van der Waals surface area contributed by atoms with Gasteiger partial charge in [0.15, 0.2) is 11.5 Å². The molecular formula is C14H20O4. The van der Waals surface area contributed by atoms with Crippen molar-refractivity contribution in [2.24, 2.45) is 0 Å². The maximum atomic E-state index is 10.6. The van der Waals surface area contributed by atoms with Crippen LogP contribution >= 0.6 is 0 Å². The van der Waals surface area contributed by atoms with Crippen molar-refractivity contribution >= 4 is 6.29 Å². The number of methoxy groups -OCH3 is 2. The number of carbonyl (C=O) groups excluding carboxylic acids is 1. The molecule has 0 aliphatic carbocycles. The summed E-state index contributed by atoms with van der Waals surface area (Å²) < 4.78 is 16.2.